The molecule has 3 nitrogen and oxygen atoms in total. The van der Waals surface area contributed by atoms with Crippen LogP contribution in [0.5, 0.6) is 6.01 Å². The number of aromatic nitrogens is 2. The lowest BCUT2D eigenvalue weighted by molar-refractivity contribution is 0.608. The van der Waals surface area contributed by atoms with Gasteiger partial charge in [-0.15, -0.1) is 0 Å². The molecule has 56 valence electrons. The predicted octanol–water partition coefficient (Wildman–Crippen LogP) is 1.79. The molecule has 0 atom stereocenters. The molecule has 1 N–H and O–H groups in total. The van der Waals surface area contributed by atoms with Gasteiger partial charge in [0.05, 0.1) is 11.0 Å². The van der Waals surface area contributed by atoms with Gasteiger partial charge in [-0.05, 0) is 12.1 Å². The van der Waals surface area contributed by atoms with Gasteiger partial charge in [0, 0.05) is 12.9 Å². The van der Waals surface area contributed by atoms with Gasteiger partial charge < -0.3 is 9.17 Å². The van der Waals surface area contributed by atoms with Crippen LogP contribution in [-0.4, -0.2) is 9.97 Å². The van der Waals surface area contributed by atoms with Gasteiger partial charge in [0.1, 0.15) is 0 Å². The first-order valence-corrected chi connectivity index (χ1v) is 3.53. The lowest BCUT2D eigenvalue weighted by atomic mass is 10.3. The lowest BCUT2D eigenvalue weighted by Crippen LogP contribution is -1.74. The van der Waals surface area contributed by atoms with Gasteiger partial charge in [-0.3, -0.25) is 0 Å². The summed E-state index contributed by atoms with van der Waals surface area (Å²) in [6, 6.07) is 8.12. The van der Waals surface area contributed by atoms with Crippen LogP contribution >= 0.6 is 12.9 Å². The third-order valence-electron chi connectivity index (χ3n) is 1.45. The fourth-order valence-corrected chi connectivity index (χ4v) is 1.06. The monoisotopic (exact) mass is 166 g/mol. The van der Waals surface area contributed by atoms with Crippen molar-refractivity contribution in [2.45, 2.75) is 0 Å². The molecule has 0 aliphatic carbocycles. The maximum atomic E-state index is 4.63. The van der Waals surface area contributed by atoms with Gasteiger partial charge in [0.25, 0.3) is 0 Å². The van der Waals surface area contributed by atoms with Crippen LogP contribution in [0.2, 0.25) is 0 Å². The highest BCUT2D eigenvalue weighted by Gasteiger charge is 1.99. The second-order valence-electron chi connectivity index (χ2n) is 2.15. The first-order valence-electron chi connectivity index (χ1n) is 3.16. The molecule has 0 spiro atoms. The summed E-state index contributed by atoms with van der Waals surface area (Å²) in [4.78, 5) is 7.01. The Kier molecular flexibility index (Phi) is 1.47. The van der Waals surface area contributed by atoms with Crippen molar-refractivity contribution in [1.82, 2.24) is 9.97 Å². The van der Waals surface area contributed by atoms with Gasteiger partial charge in [0.15, 0.2) is 0 Å². The molecule has 0 saturated heterocycles. The standard InChI is InChI=1S/C7H6N2OS/c11-10-7-8-5-3-1-2-4-6(5)9-7/h1-4,11H,(H,8,9). The molecule has 11 heavy (non-hydrogen) atoms. The average Bonchev–Trinajstić information content (AvgIpc) is 2.46. The van der Waals surface area contributed by atoms with Crippen molar-refractivity contribution in [1.29, 1.82) is 0 Å². The number of aromatic amines is 1. The van der Waals surface area contributed by atoms with E-state index < -0.39 is 0 Å². The molecule has 0 saturated carbocycles. The van der Waals surface area contributed by atoms with Crippen molar-refractivity contribution >= 4 is 23.9 Å². The number of imidazole rings is 1. The zero-order valence-corrected chi connectivity index (χ0v) is 6.51. The van der Waals surface area contributed by atoms with E-state index in [0.717, 1.165) is 11.0 Å². The van der Waals surface area contributed by atoms with Crippen LogP contribution in [0.25, 0.3) is 11.0 Å². The number of H-pyrrole nitrogens is 1. The average molecular weight is 166 g/mol. The van der Waals surface area contributed by atoms with Crippen LogP contribution in [0.4, 0.5) is 0 Å². The molecule has 1 aromatic carbocycles. The Balaban J connectivity index is 2.69. The fraction of sp³-hybridized carbons (Fsp3) is 0. The predicted molar refractivity (Wildman–Crippen MR) is 45.7 cm³/mol. The normalized spacial score (nSPS) is 10.3. The highest BCUT2D eigenvalue weighted by Crippen LogP contribution is 2.14. The molecule has 0 amide bonds. The summed E-state index contributed by atoms with van der Waals surface area (Å²) in [7, 11) is 0. The quantitative estimate of drug-likeness (QED) is 0.500. The number of nitrogens with zero attached hydrogens (tertiary/aromatic N) is 1. The molecule has 2 aromatic rings. The SMILES string of the molecule is SOc1nc2ccccc2[nH]1. The topological polar surface area (TPSA) is 37.9 Å². The van der Waals surface area contributed by atoms with E-state index >= 15 is 0 Å². The van der Waals surface area contributed by atoms with Crippen LogP contribution in [0.1, 0.15) is 0 Å². The van der Waals surface area contributed by atoms with E-state index in [1.807, 2.05) is 24.3 Å². The zero-order valence-electron chi connectivity index (χ0n) is 5.61. The lowest BCUT2D eigenvalue weighted by Gasteiger charge is -1.83. The summed E-state index contributed by atoms with van der Waals surface area (Å²) in [6.45, 7) is 0. The summed E-state index contributed by atoms with van der Waals surface area (Å²) in [5.74, 6) is 0. The molecule has 2 rings (SSSR count). The molecule has 0 unspecified atom stereocenters. The molecule has 0 radical (unpaired) electrons. The second kappa shape index (κ2) is 2.47. The molecule has 0 fully saturated rings. The second-order valence-corrected chi connectivity index (χ2v) is 2.33. The van der Waals surface area contributed by atoms with Gasteiger partial charge in [-0.1, -0.05) is 12.1 Å². The summed E-state index contributed by atoms with van der Waals surface area (Å²) in [5, 5.41) is 0. The van der Waals surface area contributed by atoms with Crippen molar-refractivity contribution in [2.24, 2.45) is 0 Å². The smallest absolute Gasteiger partial charge is 0.306 e. The fourth-order valence-electron chi connectivity index (χ4n) is 0.973. The van der Waals surface area contributed by atoms with Crippen molar-refractivity contribution in [3.05, 3.63) is 24.3 Å². The highest BCUT2D eigenvalue weighted by atomic mass is 32.1. The summed E-state index contributed by atoms with van der Waals surface area (Å²) < 4.78 is 4.63. The Labute approximate surface area is 69.0 Å². The molecule has 0 bridgehead atoms. The molecule has 0 aliphatic heterocycles. The minimum Gasteiger partial charge on any atom is -0.394 e. The number of rotatable bonds is 1. The van der Waals surface area contributed by atoms with E-state index in [9.17, 15) is 0 Å². The van der Waals surface area contributed by atoms with Crippen molar-refractivity contribution in [3.8, 4) is 6.01 Å². The number of fused-ring (bicyclic) bond motifs is 1. The number of hydrogen-bond donors (Lipinski definition) is 2. The molecular formula is C7H6N2OS. The van der Waals surface area contributed by atoms with E-state index in [1.54, 1.807) is 0 Å². The molecular weight excluding hydrogens is 160 g/mol. The number of nitrogens with one attached hydrogen (secondary N) is 1. The third kappa shape index (κ3) is 1.05. The Hall–Kier alpha value is -1.16. The van der Waals surface area contributed by atoms with Crippen LogP contribution in [0.15, 0.2) is 24.3 Å². The molecule has 4 heteroatoms. The van der Waals surface area contributed by atoms with Crippen LogP contribution in [0, 0.1) is 0 Å². The maximum Gasteiger partial charge on any atom is 0.306 e. The maximum absolute atomic E-state index is 4.63. The van der Waals surface area contributed by atoms with Gasteiger partial charge in [-0.2, -0.15) is 4.98 Å². The summed E-state index contributed by atoms with van der Waals surface area (Å²) in [5.41, 5.74) is 1.84. The van der Waals surface area contributed by atoms with Crippen molar-refractivity contribution < 1.29 is 4.18 Å². The largest absolute Gasteiger partial charge is 0.394 e. The minimum atomic E-state index is 0.425. The Bertz CT molecular complexity index is 338. The van der Waals surface area contributed by atoms with Crippen molar-refractivity contribution in [2.75, 3.05) is 0 Å². The first-order chi connectivity index (χ1) is 5.40. The van der Waals surface area contributed by atoms with Gasteiger partial charge >= 0.3 is 6.01 Å². The number of benzene rings is 1. The van der Waals surface area contributed by atoms with E-state index in [2.05, 4.69) is 27.1 Å². The summed E-state index contributed by atoms with van der Waals surface area (Å²) in [6.07, 6.45) is 0. The highest BCUT2D eigenvalue weighted by molar-refractivity contribution is 7.75. The van der Waals surface area contributed by atoms with E-state index in [0.29, 0.717) is 6.01 Å². The number of para-hydroxylation sites is 2. The van der Waals surface area contributed by atoms with Crippen LogP contribution in [-0.2, 0) is 0 Å². The minimum absolute atomic E-state index is 0.425. The van der Waals surface area contributed by atoms with Crippen molar-refractivity contribution in [3.63, 3.8) is 0 Å². The number of hydrogen-bond acceptors (Lipinski definition) is 3. The molecule has 1 heterocycles. The first kappa shape index (κ1) is 6.54. The number of thiol groups is 1. The van der Waals surface area contributed by atoms with E-state index in [4.69, 9.17) is 0 Å². The van der Waals surface area contributed by atoms with E-state index in [-0.39, 0.29) is 0 Å². The Morgan fingerprint density at radius 2 is 2.18 bits per heavy atom. The van der Waals surface area contributed by atoms with Gasteiger partial charge in [0.2, 0.25) is 0 Å². The van der Waals surface area contributed by atoms with Gasteiger partial charge in [-0.25, -0.2) is 0 Å². The zero-order chi connectivity index (χ0) is 7.68. The van der Waals surface area contributed by atoms with E-state index in [1.165, 1.54) is 0 Å². The molecule has 0 aliphatic rings. The molecule has 1 aromatic heterocycles. The summed E-state index contributed by atoms with van der Waals surface area (Å²) >= 11 is 3.63. The Morgan fingerprint density at radius 3 is 2.91 bits per heavy atom. The van der Waals surface area contributed by atoms with Crippen LogP contribution in [0.3, 0.4) is 0 Å². The van der Waals surface area contributed by atoms with Crippen LogP contribution < -0.4 is 4.18 Å². The third-order valence-corrected chi connectivity index (χ3v) is 1.63. The Morgan fingerprint density at radius 1 is 1.36 bits per heavy atom.